The molecule has 2 bridgehead atoms. The summed E-state index contributed by atoms with van der Waals surface area (Å²) < 4.78 is 8.49. The molecule has 0 radical (unpaired) electrons. The first-order chi connectivity index (χ1) is 12.6. The fraction of sp³-hybridized carbons (Fsp3) is 0.571. The fourth-order valence-electron chi connectivity index (χ4n) is 5.55. The number of ether oxygens (including phenoxy) is 1. The Bertz CT molecular complexity index is 774. The molecule has 5 rings (SSSR count). The van der Waals surface area contributed by atoms with E-state index in [1.807, 2.05) is 23.1 Å². The maximum atomic E-state index is 6.57. The summed E-state index contributed by atoms with van der Waals surface area (Å²) in [7, 11) is 4.37. The third kappa shape index (κ3) is 2.70. The lowest BCUT2D eigenvalue weighted by molar-refractivity contribution is 0.00145. The van der Waals surface area contributed by atoms with E-state index in [4.69, 9.17) is 4.74 Å². The molecule has 5 nitrogen and oxygen atoms in total. The Morgan fingerprint density at radius 3 is 3.04 bits per heavy atom. The van der Waals surface area contributed by atoms with Gasteiger partial charge in [-0.3, -0.25) is 4.90 Å². The standard InChI is InChI=1S/C21H28N4O/c1-23(2)13-18-19-14-24(15-21(19)8-7-20(18)26-21)12-16-5-3-6-17(11-16)25-10-4-9-22-25/h3-6,9-11,18-20H,7-8,12-15H2,1-2H3/t18-,19+,20+,21+/m0/s1. The van der Waals surface area contributed by atoms with Gasteiger partial charge in [-0.2, -0.15) is 5.10 Å². The summed E-state index contributed by atoms with van der Waals surface area (Å²) in [6.45, 7) is 4.40. The van der Waals surface area contributed by atoms with Gasteiger partial charge < -0.3 is 9.64 Å². The first-order valence-corrected chi connectivity index (χ1v) is 9.77. The highest BCUT2D eigenvalue weighted by Gasteiger charge is 2.62. The lowest BCUT2D eigenvalue weighted by Crippen LogP contribution is -2.40. The van der Waals surface area contributed by atoms with E-state index in [0.29, 0.717) is 17.9 Å². The zero-order valence-corrected chi connectivity index (χ0v) is 15.7. The maximum Gasteiger partial charge on any atom is 0.0858 e. The molecule has 3 aliphatic heterocycles. The van der Waals surface area contributed by atoms with Gasteiger partial charge in [0.2, 0.25) is 0 Å². The molecule has 2 aromatic rings. The highest BCUT2D eigenvalue weighted by Crippen LogP contribution is 2.55. The molecule has 0 N–H and O–H groups in total. The lowest BCUT2D eigenvalue weighted by atomic mass is 9.73. The molecular formula is C21H28N4O. The van der Waals surface area contributed by atoms with Crippen molar-refractivity contribution >= 4 is 0 Å². The van der Waals surface area contributed by atoms with E-state index in [9.17, 15) is 0 Å². The van der Waals surface area contributed by atoms with E-state index in [1.165, 1.54) is 24.9 Å². The molecule has 0 saturated carbocycles. The van der Waals surface area contributed by atoms with Gasteiger partial charge >= 0.3 is 0 Å². The van der Waals surface area contributed by atoms with Gasteiger partial charge in [0, 0.05) is 50.4 Å². The second kappa shape index (κ2) is 6.19. The van der Waals surface area contributed by atoms with Crippen LogP contribution in [0.25, 0.3) is 5.69 Å². The summed E-state index contributed by atoms with van der Waals surface area (Å²) in [5, 5.41) is 4.35. The molecule has 1 aromatic carbocycles. The van der Waals surface area contributed by atoms with Crippen molar-refractivity contribution in [3.8, 4) is 5.69 Å². The van der Waals surface area contributed by atoms with E-state index in [-0.39, 0.29) is 5.60 Å². The smallest absolute Gasteiger partial charge is 0.0858 e. The maximum absolute atomic E-state index is 6.57. The molecule has 0 unspecified atom stereocenters. The van der Waals surface area contributed by atoms with E-state index < -0.39 is 0 Å². The van der Waals surface area contributed by atoms with Crippen molar-refractivity contribution < 1.29 is 4.74 Å². The normalized spacial score (nSPS) is 33.3. The van der Waals surface area contributed by atoms with Crippen LogP contribution in [0.4, 0.5) is 0 Å². The molecule has 4 heterocycles. The third-order valence-corrected chi connectivity index (χ3v) is 6.52. The van der Waals surface area contributed by atoms with Crippen molar-refractivity contribution in [2.24, 2.45) is 11.8 Å². The second-order valence-electron chi connectivity index (χ2n) is 8.58. The Balaban J connectivity index is 1.32. The van der Waals surface area contributed by atoms with Gasteiger partial charge in [-0.15, -0.1) is 0 Å². The van der Waals surface area contributed by atoms with E-state index in [2.05, 4.69) is 53.3 Å². The van der Waals surface area contributed by atoms with Crippen molar-refractivity contribution in [3.63, 3.8) is 0 Å². The summed E-state index contributed by atoms with van der Waals surface area (Å²) in [4.78, 5) is 4.94. The highest BCUT2D eigenvalue weighted by atomic mass is 16.5. The number of rotatable bonds is 5. The van der Waals surface area contributed by atoms with Crippen molar-refractivity contribution in [1.82, 2.24) is 19.6 Å². The van der Waals surface area contributed by atoms with Crippen LogP contribution in [0.5, 0.6) is 0 Å². The third-order valence-electron chi connectivity index (χ3n) is 6.52. The number of fused-ring (bicyclic) bond motifs is 1. The Morgan fingerprint density at radius 2 is 2.23 bits per heavy atom. The number of benzene rings is 1. The quantitative estimate of drug-likeness (QED) is 0.828. The van der Waals surface area contributed by atoms with Crippen molar-refractivity contribution in [3.05, 3.63) is 48.3 Å². The zero-order chi connectivity index (χ0) is 17.7. The SMILES string of the molecule is CN(C)C[C@H]1[C@H]2CN(Cc3cccc(-n4cccn4)c3)C[C@]23CC[C@H]1O3. The number of hydrogen-bond donors (Lipinski definition) is 0. The van der Waals surface area contributed by atoms with Crippen LogP contribution >= 0.6 is 0 Å². The number of nitrogens with zero attached hydrogens (tertiary/aromatic N) is 4. The van der Waals surface area contributed by atoms with E-state index in [1.54, 1.807) is 0 Å². The monoisotopic (exact) mass is 352 g/mol. The predicted molar refractivity (Wildman–Crippen MR) is 101 cm³/mol. The Labute approximate surface area is 155 Å². The minimum absolute atomic E-state index is 0.130. The van der Waals surface area contributed by atoms with Gasteiger partial charge in [-0.1, -0.05) is 12.1 Å². The molecule has 0 aliphatic carbocycles. The van der Waals surface area contributed by atoms with Crippen LogP contribution in [0.1, 0.15) is 18.4 Å². The van der Waals surface area contributed by atoms with Gasteiger partial charge in [0.1, 0.15) is 0 Å². The molecular weight excluding hydrogens is 324 g/mol. The summed E-state index contributed by atoms with van der Waals surface area (Å²) in [5.41, 5.74) is 2.62. The molecule has 3 aliphatic rings. The van der Waals surface area contributed by atoms with Crippen LogP contribution in [-0.4, -0.2) is 65.0 Å². The number of aromatic nitrogens is 2. The number of likely N-dealkylation sites (tertiary alicyclic amines) is 1. The lowest BCUT2D eigenvalue weighted by Gasteiger charge is -2.31. The van der Waals surface area contributed by atoms with Gasteiger partial charge in [-0.25, -0.2) is 4.68 Å². The average molecular weight is 352 g/mol. The minimum atomic E-state index is 0.130. The van der Waals surface area contributed by atoms with Crippen LogP contribution in [0.15, 0.2) is 42.7 Å². The van der Waals surface area contributed by atoms with Gasteiger partial charge in [0.25, 0.3) is 0 Å². The van der Waals surface area contributed by atoms with Crippen molar-refractivity contribution in [1.29, 1.82) is 0 Å². The van der Waals surface area contributed by atoms with Crippen molar-refractivity contribution in [2.45, 2.75) is 31.1 Å². The number of hydrogen-bond acceptors (Lipinski definition) is 4. The Kier molecular flexibility index (Phi) is 3.92. The molecule has 1 spiro atoms. The fourth-order valence-corrected chi connectivity index (χ4v) is 5.55. The van der Waals surface area contributed by atoms with Crippen molar-refractivity contribution in [2.75, 3.05) is 33.7 Å². The Morgan fingerprint density at radius 1 is 1.31 bits per heavy atom. The zero-order valence-electron chi connectivity index (χ0n) is 15.7. The molecule has 138 valence electrons. The highest BCUT2D eigenvalue weighted by molar-refractivity contribution is 5.35. The van der Waals surface area contributed by atoms with Crippen LogP contribution in [-0.2, 0) is 11.3 Å². The summed E-state index contributed by atoms with van der Waals surface area (Å²) in [5.74, 6) is 1.39. The second-order valence-corrected chi connectivity index (χ2v) is 8.58. The van der Waals surface area contributed by atoms with Crippen LogP contribution in [0, 0.1) is 11.8 Å². The average Bonchev–Trinajstić information content (AvgIpc) is 3.36. The van der Waals surface area contributed by atoms with Crippen LogP contribution < -0.4 is 0 Å². The first-order valence-electron chi connectivity index (χ1n) is 9.77. The summed E-state index contributed by atoms with van der Waals surface area (Å²) in [6, 6.07) is 10.7. The molecule has 5 heteroatoms. The molecule has 4 atom stereocenters. The molecule has 3 fully saturated rings. The van der Waals surface area contributed by atoms with Crippen LogP contribution in [0.3, 0.4) is 0 Å². The molecule has 0 amide bonds. The first kappa shape index (κ1) is 16.5. The molecule has 3 saturated heterocycles. The van der Waals surface area contributed by atoms with Crippen LogP contribution in [0.2, 0.25) is 0 Å². The van der Waals surface area contributed by atoms with Gasteiger partial charge in [0.05, 0.1) is 17.4 Å². The molecule has 26 heavy (non-hydrogen) atoms. The van der Waals surface area contributed by atoms with E-state index >= 15 is 0 Å². The van der Waals surface area contributed by atoms with Gasteiger partial charge in [-0.05, 0) is 50.7 Å². The molecule has 1 aromatic heterocycles. The summed E-state index contributed by atoms with van der Waals surface area (Å²) >= 11 is 0. The topological polar surface area (TPSA) is 33.5 Å². The minimum Gasteiger partial charge on any atom is -0.370 e. The largest absolute Gasteiger partial charge is 0.370 e. The summed E-state index contributed by atoms with van der Waals surface area (Å²) in [6.07, 6.45) is 6.81. The Hall–Kier alpha value is -1.69. The predicted octanol–water partition coefficient (Wildman–Crippen LogP) is 2.41. The van der Waals surface area contributed by atoms with E-state index in [0.717, 1.165) is 25.3 Å². The van der Waals surface area contributed by atoms with Gasteiger partial charge in [0.15, 0.2) is 0 Å².